The number of hydrogen-bond donors (Lipinski definition) is 1. The fourth-order valence-electron chi connectivity index (χ4n) is 3.61. The van der Waals surface area contributed by atoms with Crippen molar-refractivity contribution in [2.24, 2.45) is 5.92 Å². The molecule has 1 aliphatic rings. The Morgan fingerprint density at radius 1 is 1.30 bits per heavy atom. The molecule has 2 heterocycles. The minimum atomic E-state index is 0.514. The van der Waals surface area contributed by atoms with E-state index >= 15 is 0 Å². The van der Waals surface area contributed by atoms with Crippen molar-refractivity contribution < 1.29 is 0 Å². The molecule has 2 atom stereocenters. The van der Waals surface area contributed by atoms with Crippen molar-refractivity contribution in [2.75, 3.05) is 0 Å². The minimum Gasteiger partial charge on any atom is -0.328 e. The predicted molar refractivity (Wildman–Crippen MR) is 84.6 cm³/mol. The van der Waals surface area contributed by atoms with Crippen LogP contribution in [-0.2, 0) is 6.54 Å². The zero-order chi connectivity index (χ0) is 14.3. The largest absolute Gasteiger partial charge is 0.328 e. The molecule has 4 nitrogen and oxygen atoms in total. The zero-order valence-electron chi connectivity index (χ0n) is 12.6. The van der Waals surface area contributed by atoms with Gasteiger partial charge in [0, 0.05) is 12.6 Å². The van der Waals surface area contributed by atoms with E-state index in [1.165, 1.54) is 37.8 Å². The van der Waals surface area contributed by atoms with Crippen molar-refractivity contribution in [3.63, 3.8) is 0 Å². The number of nitrogens with zero attached hydrogens (tertiary/aromatic N) is 3. The van der Waals surface area contributed by atoms with Crippen LogP contribution >= 0.6 is 12.2 Å². The van der Waals surface area contributed by atoms with Gasteiger partial charge in [0.2, 0.25) is 0 Å². The lowest BCUT2D eigenvalue weighted by atomic mass is 9.97. The number of aromatic amines is 1. The molecule has 0 aliphatic heterocycles. The van der Waals surface area contributed by atoms with Gasteiger partial charge in [-0.05, 0) is 44.8 Å². The first-order valence-corrected chi connectivity index (χ1v) is 8.22. The first kappa shape index (κ1) is 13.9. The van der Waals surface area contributed by atoms with E-state index in [4.69, 9.17) is 12.2 Å². The first-order chi connectivity index (χ1) is 9.63. The number of aromatic nitrogens is 4. The highest BCUT2D eigenvalue weighted by atomic mass is 32.1. The molecule has 0 bridgehead atoms. The lowest BCUT2D eigenvalue weighted by Gasteiger charge is -2.23. The average Bonchev–Trinajstić information content (AvgIpc) is 2.82. The summed E-state index contributed by atoms with van der Waals surface area (Å²) in [7, 11) is 0. The van der Waals surface area contributed by atoms with Crippen molar-refractivity contribution in [2.45, 2.75) is 65.5 Å². The van der Waals surface area contributed by atoms with Crippen LogP contribution in [0.15, 0.2) is 0 Å². The summed E-state index contributed by atoms with van der Waals surface area (Å²) in [5.41, 5.74) is 3.36. The summed E-state index contributed by atoms with van der Waals surface area (Å²) >= 11 is 5.62. The molecule has 20 heavy (non-hydrogen) atoms. The topological polar surface area (TPSA) is 38.5 Å². The number of fused-ring (bicyclic) bond motifs is 1. The van der Waals surface area contributed by atoms with Crippen LogP contribution in [-0.4, -0.2) is 19.3 Å². The van der Waals surface area contributed by atoms with E-state index in [1.54, 1.807) is 0 Å². The summed E-state index contributed by atoms with van der Waals surface area (Å²) in [6.07, 6.45) is 6.55. The van der Waals surface area contributed by atoms with Gasteiger partial charge in [0.1, 0.15) is 5.52 Å². The van der Waals surface area contributed by atoms with Gasteiger partial charge in [-0.3, -0.25) is 4.57 Å². The standard InChI is InChI=1S/C15H24N4S/c1-4-18-14-13(11(3)17-18)16-15(20)19(14)12-9-7-5-6-8-10(12)2/h10,12H,4-9H2,1-3H3,(H,16,20). The number of H-pyrrole nitrogens is 1. The lowest BCUT2D eigenvalue weighted by Crippen LogP contribution is -2.18. The van der Waals surface area contributed by atoms with E-state index in [9.17, 15) is 0 Å². The summed E-state index contributed by atoms with van der Waals surface area (Å²) in [4.78, 5) is 3.38. The van der Waals surface area contributed by atoms with Gasteiger partial charge in [-0.1, -0.05) is 26.2 Å². The van der Waals surface area contributed by atoms with Crippen LogP contribution in [0, 0.1) is 17.6 Å². The molecular weight excluding hydrogens is 268 g/mol. The second kappa shape index (κ2) is 5.35. The SMILES string of the molecule is CCn1nc(C)c2[nH]c(=S)n(C3CCCCCC3C)c21. The van der Waals surface area contributed by atoms with Crippen LogP contribution in [0.4, 0.5) is 0 Å². The minimum absolute atomic E-state index is 0.514. The fraction of sp³-hybridized carbons (Fsp3) is 0.733. The van der Waals surface area contributed by atoms with E-state index in [2.05, 4.69) is 40.1 Å². The maximum absolute atomic E-state index is 5.62. The summed E-state index contributed by atoms with van der Waals surface area (Å²) in [6, 6.07) is 0.514. The smallest absolute Gasteiger partial charge is 0.179 e. The lowest BCUT2D eigenvalue weighted by molar-refractivity contribution is 0.334. The maximum Gasteiger partial charge on any atom is 0.179 e. The second-order valence-electron chi connectivity index (χ2n) is 6.08. The van der Waals surface area contributed by atoms with Gasteiger partial charge in [-0.2, -0.15) is 5.10 Å². The molecule has 1 aliphatic carbocycles. The Morgan fingerprint density at radius 3 is 2.80 bits per heavy atom. The van der Waals surface area contributed by atoms with Gasteiger partial charge in [-0.25, -0.2) is 4.68 Å². The Bertz CT molecular complexity index is 663. The monoisotopic (exact) mass is 292 g/mol. The van der Waals surface area contributed by atoms with Gasteiger partial charge in [-0.15, -0.1) is 0 Å². The van der Waals surface area contributed by atoms with E-state index in [0.717, 1.165) is 22.5 Å². The molecule has 3 rings (SSSR count). The van der Waals surface area contributed by atoms with Crippen LogP contribution in [0.5, 0.6) is 0 Å². The normalized spacial score (nSPS) is 24.1. The Balaban J connectivity index is 2.18. The summed E-state index contributed by atoms with van der Waals surface area (Å²) in [6.45, 7) is 7.46. The van der Waals surface area contributed by atoms with Crippen molar-refractivity contribution in [3.8, 4) is 0 Å². The number of rotatable bonds is 2. The fourth-order valence-corrected chi connectivity index (χ4v) is 3.93. The third-order valence-electron chi connectivity index (χ3n) is 4.73. The zero-order valence-corrected chi connectivity index (χ0v) is 13.5. The van der Waals surface area contributed by atoms with Gasteiger partial charge in [0.05, 0.1) is 5.69 Å². The van der Waals surface area contributed by atoms with Crippen LogP contribution in [0.1, 0.15) is 57.7 Å². The molecule has 1 fully saturated rings. The molecule has 1 N–H and O–H groups in total. The van der Waals surface area contributed by atoms with E-state index in [-0.39, 0.29) is 0 Å². The molecule has 0 amide bonds. The first-order valence-electron chi connectivity index (χ1n) is 7.81. The average molecular weight is 292 g/mol. The highest BCUT2D eigenvalue weighted by Crippen LogP contribution is 2.35. The highest BCUT2D eigenvalue weighted by molar-refractivity contribution is 7.71. The Morgan fingerprint density at radius 2 is 2.05 bits per heavy atom. The molecule has 1 saturated carbocycles. The summed E-state index contributed by atoms with van der Waals surface area (Å²) < 4.78 is 5.31. The van der Waals surface area contributed by atoms with E-state index < -0.39 is 0 Å². The molecule has 0 saturated heterocycles. The van der Waals surface area contributed by atoms with Crippen molar-refractivity contribution in [1.29, 1.82) is 0 Å². The number of nitrogens with one attached hydrogen (secondary N) is 1. The van der Waals surface area contributed by atoms with E-state index in [0.29, 0.717) is 12.0 Å². The number of imidazole rings is 1. The molecule has 2 aromatic heterocycles. The molecule has 110 valence electrons. The van der Waals surface area contributed by atoms with Crippen molar-refractivity contribution in [3.05, 3.63) is 10.5 Å². The Hall–Kier alpha value is -1.10. The number of hydrogen-bond acceptors (Lipinski definition) is 2. The summed E-state index contributed by atoms with van der Waals surface area (Å²) in [5, 5.41) is 4.63. The van der Waals surface area contributed by atoms with Crippen LogP contribution < -0.4 is 0 Å². The van der Waals surface area contributed by atoms with Gasteiger partial charge < -0.3 is 4.98 Å². The predicted octanol–water partition coefficient (Wildman–Crippen LogP) is 4.37. The van der Waals surface area contributed by atoms with Crippen molar-refractivity contribution in [1.82, 2.24) is 19.3 Å². The molecular formula is C15H24N4S. The summed E-state index contributed by atoms with van der Waals surface area (Å²) in [5.74, 6) is 0.684. The second-order valence-corrected chi connectivity index (χ2v) is 6.47. The highest BCUT2D eigenvalue weighted by Gasteiger charge is 2.26. The van der Waals surface area contributed by atoms with Crippen LogP contribution in [0.3, 0.4) is 0 Å². The van der Waals surface area contributed by atoms with Crippen LogP contribution in [0.2, 0.25) is 0 Å². The molecule has 2 unspecified atom stereocenters. The molecule has 0 spiro atoms. The molecule has 0 radical (unpaired) electrons. The maximum atomic E-state index is 5.62. The van der Waals surface area contributed by atoms with Gasteiger partial charge >= 0.3 is 0 Å². The third-order valence-corrected chi connectivity index (χ3v) is 5.03. The van der Waals surface area contributed by atoms with Crippen LogP contribution in [0.25, 0.3) is 11.2 Å². The Labute approximate surface area is 125 Å². The Kier molecular flexibility index (Phi) is 3.71. The van der Waals surface area contributed by atoms with E-state index in [1.807, 2.05) is 0 Å². The number of aryl methyl sites for hydroxylation is 2. The quantitative estimate of drug-likeness (QED) is 0.659. The van der Waals surface area contributed by atoms with Gasteiger partial charge in [0.25, 0.3) is 0 Å². The van der Waals surface area contributed by atoms with Gasteiger partial charge in [0.15, 0.2) is 10.4 Å². The third kappa shape index (κ3) is 2.12. The molecule has 2 aromatic rings. The molecule has 0 aromatic carbocycles. The van der Waals surface area contributed by atoms with Crippen molar-refractivity contribution >= 4 is 23.4 Å². The molecule has 5 heteroatoms.